The van der Waals surface area contributed by atoms with E-state index in [1.165, 1.54) is 13.2 Å². The van der Waals surface area contributed by atoms with Crippen molar-refractivity contribution < 1.29 is 9.13 Å². The zero-order valence-corrected chi connectivity index (χ0v) is 10.9. The average Bonchev–Trinajstić information content (AvgIpc) is 2.45. The van der Waals surface area contributed by atoms with Crippen molar-refractivity contribution in [3.63, 3.8) is 0 Å². The van der Waals surface area contributed by atoms with Crippen molar-refractivity contribution in [2.45, 2.75) is 19.5 Å². The summed E-state index contributed by atoms with van der Waals surface area (Å²) < 4.78 is 18.8. The van der Waals surface area contributed by atoms with Crippen molar-refractivity contribution in [1.29, 1.82) is 0 Å². The second kappa shape index (κ2) is 6.24. The third kappa shape index (κ3) is 3.48. The summed E-state index contributed by atoms with van der Waals surface area (Å²) in [5.41, 5.74) is 1.42. The van der Waals surface area contributed by atoms with Gasteiger partial charge in [0.05, 0.1) is 12.8 Å². The van der Waals surface area contributed by atoms with Crippen LogP contribution in [0.15, 0.2) is 36.5 Å². The maximum Gasteiger partial charge on any atom is 0.131 e. The fraction of sp³-hybridized carbons (Fsp3) is 0.286. The summed E-state index contributed by atoms with van der Waals surface area (Å²) in [5.74, 6) is 0.237. The molecule has 0 spiro atoms. The van der Waals surface area contributed by atoms with E-state index < -0.39 is 0 Å². The van der Waals surface area contributed by atoms with E-state index in [9.17, 15) is 4.39 Å². The predicted octanol–water partition coefficient (Wildman–Crippen LogP) is 2.48. The molecule has 0 aliphatic heterocycles. The van der Waals surface area contributed by atoms with Crippen LogP contribution < -0.4 is 10.1 Å². The Labute approximate surface area is 111 Å². The molecule has 1 heterocycles. The van der Waals surface area contributed by atoms with Crippen LogP contribution in [0.4, 0.5) is 4.39 Å². The Morgan fingerprint density at radius 1 is 1.37 bits per heavy atom. The molecule has 1 unspecified atom stereocenters. The van der Waals surface area contributed by atoms with Crippen LogP contribution in [0.1, 0.15) is 24.2 Å². The van der Waals surface area contributed by atoms with Gasteiger partial charge in [-0.25, -0.2) is 4.39 Å². The third-order valence-electron chi connectivity index (χ3n) is 2.89. The minimum atomic E-state index is -0.279. The highest BCUT2D eigenvalue weighted by atomic mass is 19.1. The maximum atomic E-state index is 13.9. The molecule has 4 nitrogen and oxygen atoms in total. The van der Waals surface area contributed by atoms with Crippen LogP contribution in [0, 0.1) is 5.82 Å². The molecule has 0 fully saturated rings. The number of benzene rings is 1. The molecule has 0 radical (unpaired) electrons. The number of hydrogen-bond donors (Lipinski definition) is 1. The molecule has 0 amide bonds. The molecule has 0 saturated carbocycles. The average molecular weight is 261 g/mol. The summed E-state index contributed by atoms with van der Waals surface area (Å²) >= 11 is 0. The van der Waals surface area contributed by atoms with E-state index >= 15 is 0 Å². The van der Waals surface area contributed by atoms with Crippen LogP contribution >= 0.6 is 0 Å². The van der Waals surface area contributed by atoms with Crippen molar-refractivity contribution in [3.05, 3.63) is 53.6 Å². The highest BCUT2D eigenvalue weighted by Gasteiger charge is 2.11. The van der Waals surface area contributed by atoms with Gasteiger partial charge in [0.25, 0.3) is 0 Å². The SMILES string of the molecule is COc1ccc(C(C)NCc2cccnn2)c(F)c1. The number of halogens is 1. The standard InChI is InChI=1S/C14H16FN3O/c1-10(16-9-11-4-3-7-17-18-11)13-6-5-12(19-2)8-14(13)15/h3-8,10,16H,9H2,1-2H3. The van der Waals surface area contributed by atoms with Gasteiger partial charge in [-0.3, -0.25) is 0 Å². The topological polar surface area (TPSA) is 47.0 Å². The normalized spacial score (nSPS) is 12.2. The number of hydrogen-bond acceptors (Lipinski definition) is 4. The van der Waals surface area contributed by atoms with Gasteiger partial charge in [-0.2, -0.15) is 10.2 Å². The van der Waals surface area contributed by atoms with Gasteiger partial charge in [-0.05, 0) is 25.1 Å². The first-order chi connectivity index (χ1) is 9.20. The van der Waals surface area contributed by atoms with Crippen molar-refractivity contribution >= 4 is 0 Å². The van der Waals surface area contributed by atoms with E-state index in [2.05, 4.69) is 15.5 Å². The van der Waals surface area contributed by atoms with Crippen LogP contribution in [0.2, 0.25) is 0 Å². The smallest absolute Gasteiger partial charge is 0.131 e. The molecular formula is C14H16FN3O. The Bertz CT molecular complexity index is 533. The number of aromatic nitrogens is 2. The van der Waals surface area contributed by atoms with Crippen molar-refractivity contribution in [3.8, 4) is 5.75 Å². The Balaban J connectivity index is 2.02. The minimum Gasteiger partial charge on any atom is -0.497 e. The molecule has 1 atom stereocenters. The molecule has 1 N–H and O–H groups in total. The Morgan fingerprint density at radius 2 is 2.21 bits per heavy atom. The second-order valence-corrected chi connectivity index (χ2v) is 4.21. The summed E-state index contributed by atoms with van der Waals surface area (Å²) in [6, 6.07) is 8.43. The molecule has 2 rings (SSSR count). The Hall–Kier alpha value is -2.01. The largest absolute Gasteiger partial charge is 0.497 e. The highest BCUT2D eigenvalue weighted by Crippen LogP contribution is 2.21. The molecule has 0 saturated heterocycles. The lowest BCUT2D eigenvalue weighted by molar-refractivity contribution is 0.409. The summed E-state index contributed by atoms with van der Waals surface area (Å²) in [6.45, 7) is 2.45. The fourth-order valence-corrected chi connectivity index (χ4v) is 1.78. The van der Waals surface area contributed by atoms with E-state index in [-0.39, 0.29) is 11.9 Å². The summed E-state index contributed by atoms with van der Waals surface area (Å²) in [6.07, 6.45) is 1.62. The lowest BCUT2D eigenvalue weighted by Crippen LogP contribution is -2.19. The number of rotatable bonds is 5. The second-order valence-electron chi connectivity index (χ2n) is 4.21. The quantitative estimate of drug-likeness (QED) is 0.898. The van der Waals surface area contributed by atoms with Crippen LogP contribution in [0.5, 0.6) is 5.75 Å². The van der Waals surface area contributed by atoms with Crippen molar-refractivity contribution in [2.75, 3.05) is 7.11 Å². The van der Waals surface area contributed by atoms with Gasteiger partial charge >= 0.3 is 0 Å². The van der Waals surface area contributed by atoms with Gasteiger partial charge in [0, 0.05) is 30.4 Å². The summed E-state index contributed by atoms with van der Waals surface area (Å²) in [4.78, 5) is 0. The van der Waals surface area contributed by atoms with Crippen LogP contribution in [0.3, 0.4) is 0 Å². The zero-order chi connectivity index (χ0) is 13.7. The lowest BCUT2D eigenvalue weighted by atomic mass is 10.1. The van der Waals surface area contributed by atoms with Gasteiger partial charge in [-0.1, -0.05) is 6.07 Å². The molecule has 0 aliphatic rings. The van der Waals surface area contributed by atoms with Crippen molar-refractivity contribution in [1.82, 2.24) is 15.5 Å². The van der Waals surface area contributed by atoms with Crippen LogP contribution in [0.25, 0.3) is 0 Å². The minimum absolute atomic E-state index is 0.118. The molecule has 2 aromatic rings. The fourth-order valence-electron chi connectivity index (χ4n) is 1.78. The van der Waals surface area contributed by atoms with E-state index in [1.54, 1.807) is 18.3 Å². The summed E-state index contributed by atoms with van der Waals surface area (Å²) in [5, 5.41) is 11.0. The monoisotopic (exact) mass is 261 g/mol. The first-order valence-electron chi connectivity index (χ1n) is 6.04. The number of methoxy groups -OCH3 is 1. The van der Waals surface area contributed by atoms with Gasteiger partial charge in [0.1, 0.15) is 11.6 Å². The Morgan fingerprint density at radius 3 is 2.84 bits per heavy atom. The Kier molecular flexibility index (Phi) is 4.41. The lowest BCUT2D eigenvalue weighted by Gasteiger charge is -2.15. The molecule has 1 aromatic heterocycles. The predicted molar refractivity (Wildman–Crippen MR) is 70.2 cm³/mol. The van der Waals surface area contributed by atoms with Crippen LogP contribution in [-0.4, -0.2) is 17.3 Å². The van der Waals surface area contributed by atoms with Gasteiger partial charge in [0.15, 0.2) is 0 Å². The first-order valence-corrected chi connectivity index (χ1v) is 6.04. The molecule has 1 aromatic carbocycles. The van der Waals surface area contributed by atoms with Gasteiger partial charge in [0.2, 0.25) is 0 Å². The van der Waals surface area contributed by atoms with E-state index in [0.717, 1.165) is 5.69 Å². The van der Waals surface area contributed by atoms with E-state index in [1.807, 2.05) is 19.1 Å². The maximum absolute atomic E-state index is 13.9. The van der Waals surface area contributed by atoms with Gasteiger partial charge < -0.3 is 10.1 Å². The number of nitrogens with zero attached hydrogens (tertiary/aromatic N) is 2. The molecule has 19 heavy (non-hydrogen) atoms. The summed E-state index contributed by atoms with van der Waals surface area (Å²) in [7, 11) is 1.52. The highest BCUT2D eigenvalue weighted by molar-refractivity contribution is 5.30. The number of ether oxygens (including phenoxy) is 1. The molecule has 0 aliphatic carbocycles. The van der Waals surface area contributed by atoms with E-state index in [0.29, 0.717) is 17.9 Å². The molecule has 5 heteroatoms. The van der Waals surface area contributed by atoms with E-state index in [4.69, 9.17) is 4.74 Å². The van der Waals surface area contributed by atoms with Gasteiger partial charge in [-0.15, -0.1) is 0 Å². The molecular weight excluding hydrogens is 245 g/mol. The zero-order valence-electron chi connectivity index (χ0n) is 10.9. The third-order valence-corrected chi connectivity index (χ3v) is 2.89. The van der Waals surface area contributed by atoms with Crippen LogP contribution in [-0.2, 0) is 6.54 Å². The number of nitrogens with one attached hydrogen (secondary N) is 1. The first kappa shape index (κ1) is 13.4. The van der Waals surface area contributed by atoms with Crippen molar-refractivity contribution in [2.24, 2.45) is 0 Å². The molecule has 100 valence electrons. The molecule has 0 bridgehead atoms.